The molecular formula is C9H14N4O6S2. The zero-order valence-corrected chi connectivity index (χ0v) is 12.4. The van der Waals surface area contributed by atoms with E-state index >= 15 is 0 Å². The van der Waals surface area contributed by atoms with Gasteiger partial charge in [-0.05, 0) is 18.6 Å². The van der Waals surface area contributed by atoms with Gasteiger partial charge in [-0.25, -0.2) is 26.7 Å². The lowest BCUT2D eigenvalue weighted by Gasteiger charge is -2.08. The molecule has 1 rings (SSSR count). The molecular weight excluding hydrogens is 324 g/mol. The Morgan fingerprint density at radius 1 is 1.24 bits per heavy atom. The van der Waals surface area contributed by atoms with Crippen molar-refractivity contribution >= 4 is 31.4 Å². The molecule has 21 heavy (non-hydrogen) atoms. The first-order valence-electron chi connectivity index (χ1n) is 5.57. The van der Waals surface area contributed by atoms with Crippen LogP contribution in [0.4, 0.5) is 11.4 Å². The number of anilines is 1. The maximum atomic E-state index is 12.0. The molecule has 0 saturated carbocycles. The Labute approximate surface area is 121 Å². The smallest absolute Gasteiger partial charge is 0.312 e. The van der Waals surface area contributed by atoms with Gasteiger partial charge in [0.25, 0.3) is 0 Å². The van der Waals surface area contributed by atoms with Crippen molar-refractivity contribution in [3.63, 3.8) is 0 Å². The summed E-state index contributed by atoms with van der Waals surface area (Å²) in [5.74, 6) is -0.408. The molecule has 0 heterocycles. The van der Waals surface area contributed by atoms with Crippen molar-refractivity contribution in [2.75, 3.05) is 18.0 Å². The van der Waals surface area contributed by atoms with E-state index in [2.05, 4.69) is 4.72 Å². The second-order valence-corrected chi connectivity index (χ2v) is 7.54. The predicted octanol–water partition coefficient (Wildman–Crippen LogP) is -0.866. The minimum Gasteiger partial charge on any atom is -0.393 e. The molecule has 0 aliphatic carbocycles. The van der Waals surface area contributed by atoms with Crippen LogP contribution in [0.25, 0.3) is 0 Å². The minimum atomic E-state index is -4.18. The van der Waals surface area contributed by atoms with Crippen LogP contribution in [-0.2, 0) is 20.0 Å². The minimum absolute atomic E-state index is 0.0613. The van der Waals surface area contributed by atoms with Crippen LogP contribution in [0, 0.1) is 10.1 Å². The molecule has 0 bridgehead atoms. The molecule has 0 unspecified atom stereocenters. The molecule has 12 heteroatoms. The Morgan fingerprint density at radius 3 is 2.38 bits per heavy atom. The van der Waals surface area contributed by atoms with Crippen molar-refractivity contribution in [2.45, 2.75) is 11.3 Å². The van der Waals surface area contributed by atoms with Gasteiger partial charge in [-0.3, -0.25) is 10.1 Å². The summed E-state index contributed by atoms with van der Waals surface area (Å²) in [5.41, 5.74) is 4.39. The van der Waals surface area contributed by atoms with E-state index in [9.17, 15) is 26.9 Å². The van der Waals surface area contributed by atoms with Crippen LogP contribution in [0.2, 0.25) is 0 Å². The van der Waals surface area contributed by atoms with Crippen molar-refractivity contribution in [3.05, 3.63) is 28.3 Å². The monoisotopic (exact) mass is 338 g/mol. The van der Waals surface area contributed by atoms with Crippen LogP contribution in [-0.4, -0.2) is 34.1 Å². The zero-order valence-electron chi connectivity index (χ0n) is 10.7. The van der Waals surface area contributed by atoms with E-state index in [1.54, 1.807) is 0 Å². The van der Waals surface area contributed by atoms with Crippen LogP contribution >= 0.6 is 0 Å². The number of nitrogens with two attached hydrogens (primary N) is 2. The van der Waals surface area contributed by atoms with E-state index in [1.165, 1.54) is 12.1 Å². The Hall–Kier alpha value is -1.76. The summed E-state index contributed by atoms with van der Waals surface area (Å²) >= 11 is 0. The van der Waals surface area contributed by atoms with Crippen LogP contribution in [0.1, 0.15) is 6.42 Å². The molecule has 0 aliphatic heterocycles. The Kier molecular flexibility index (Phi) is 5.22. The number of nitrogens with zero attached hydrogens (tertiary/aromatic N) is 1. The standard InChI is InChI=1S/C9H14N4O6S2/c10-7-3-1-4-8(9(7)13(14)15)21(18,19)12-5-2-6-20(11,16)17/h1,3-4,12H,2,5-6,10H2,(H2,11,16,17). The van der Waals surface area contributed by atoms with Gasteiger partial charge in [-0.1, -0.05) is 6.07 Å². The lowest BCUT2D eigenvalue weighted by Crippen LogP contribution is -2.28. The number of rotatable bonds is 7. The quantitative estimate of drug-likeness (QED) is 0.250. The number of nitro groups is 1. The lowest BCUT2D eigenvalue weighted by molar-refractivity contribution is -0.386. The molecule has 5 N–H and O–H groups in total. The molecule has 0 aromatic heterocycles. The second kappa shape index (κ2) is 6.34. The fourth-order valence-corrected chi connectivity index (χ4v) is 3.33. The van der Waals surface area contributed by atoms with Gasteiger partial charge >= 0.3 is 5.69 Å². The van der Waals surface area contributed by atoms with E-state index in [-0.39, 0.29) is 18.7 Å². The highest BCUT2D eigenvalue weighted by Gasteiger charge is 2.27. The number of benzene rings is 1. The molecule has 0 saturated heterocycles. The van der Waals surface area contributed by atoms with E-state index in [1.807, 2.05) is 0 Å². The fraction of sp³-hybridized carbons (Fsp3) is 0.333. The summed E-state index contributed by atoms with van der Waals surface area (Å²) in [6.45, 7) is -0.231. The summed E-state index contributed by atoms with van der Waals surface area (Å²) in [6, 6.07) is 3.51. The summed E-state index contributed by atoms with van der Waals surface area (Å²) in [5, 5.41) is 15.7. The molecule has 0 atom stereocenters. The predicted molar refractivity (Wildman–Crippen MR) is 75.3 cm³/mol. The third-order valence-electron chi connectivity index (χ3n) is 2.40. The highest BCUT2D eigenvalue weighted by molar-refractivity contribution is 7.89. The van der Waals surface area contributed by atoms with Crippen LogP contribution < -0.4 is 15.6 Å². The molecule has 1 aromatic carbocycles. The van der Waals surface area contributed by atoms with Crippen LogP contribution in [0.5, 0.6) is 0 Å². The van der Waals surface area contributed by atoms with E-state index in [0.29, 0.717) is 0 Å². The average molecular weight is 338 g/mol. The molecule has 0 amide bonds. The van der Waals surface area contributed by atoms with Gasteiger partial charge in [0.15, 0.2) is 4.90 Å². The van der Waals surface area contributed by atoms with Crippen molar-refractivity contribution in [1.82, 2.24) is 4.72 Å². The number of nitrogens with one attached hydrogen (secondary N) is 1. The van der Waals surface area contributed by atoms with Crippen molar-refractivity contribution in [1.29, 1.82) is 0 Å². The number of nitro benzene ring substituents is 1. The van der Waals surface area contributed by atoms with Gasteiger partial charge in [-0.2, -0.15) is 0 Å². The topological polar surface area (TPSA) is 175 Å². The number of sulfonamides is 2. The SMILES string of the molecule is Nc1cccc(S(=O)(=O)NCCCS(N)(=O)=O)c1[N+](=O)[O-]. The average Bonchev–Trinajstić information content (AvgIpc) is 2.33. The zero-order chi connectivity index (χ0) is 16.3. The van der Waals surface area contributed by atoms with Gasteiger partial charge in [0.05, 0.1) is 10.7 Å². The fourth-order valence-electron chi connectivity index (χ4n) is 1.51. The summed E-state index contributed by atoms with van der Waals surface area (Å²) in [6.07, 6.45) is -0.0613. The molecule has 118 valence electrons. The molecule has 1 aromatic rings. The molecule has 0 aliphatic rings. The number of hydrogen-bond donors (Lipinski definition) is 3. The largest absolute Gasteiger partial charge is 0.393 e. The van der Waals surface area contributed by atoms with Gasteiger partial charge in [0, 0.05) is 6.54 Å². The van der Waals surface area contributed by atoms with E-state index < -0.39 is 41.3 Å². The van der Waals surface area contributed by atoms with Crippen LogP contribution in [0.15, 0.2) is 23.1 Å². The van der Waals surface area contributed by atoms with Gasteiger partial charge in [-0.15, -0.1) is 0 Å². The maximum absolute atomic E-state index is 12.0. The number of para-hydroxylation sites is 1. The van der Waals surface area contributed by atoms with Crippen molar-refractivity contribution in [2.24, 2.45) is 5.14 Å². The Balaban J connectivity index is 2.94. The first-order valence-corrected chi connectivity index (χ1v) is 8.77. The highest BCUT2D eigenvalue weighted by Crippen LogP contribution is 2.29. The van der Waals surface area contributed by atoms with Crippen LogP contribution in [0.3, 0.4) is 0 Å². The second-order valence-electron chi connectivity index (χ2n) is 4.07. The van der Waals surface area contributed by atoms with Gasteiger partial charge in [0.2, 0.25) is 20.0 Å². The van der Waals surface area contributed by atoms with Crippen molar-refractivity contribution < 1.29 is 21.8 Å². The summed E-state index contributed by atoms with van der Waals surface area (Å²) in [7, 11) is -7.88. The van der Waals surface area contributed by atoms with E-state index in [4.69, 9.17) is 10.9 Å². The van der Waals surface area contributed by atoms with E-state index in [0.717, 1.165) is 6.07 Å². The number of hydrogen-bond acceptors (Lipinski definition) is 7. The first-order chi connectivity index (χ1) is 9.54. The third kappa shape index (κ3) is 4.93. The van der Waals surface area contributed by atoms with Gasteiger partial charge < -0.3 is 5.73 Å². The normalized spacial score (nSPS) is 12.2. The third-order valence-corrected chi connectivity index (χ3v) is 4.75. The van der Waals surface area contributed by atoms with Crippen molar-refractivity contribution in [3.8, 4) is 0 Å². The number of nitrogen functional groups attached to an aromatic ring is 1. The first kappa shape index (κ1) is 17.3. The Bertz CT molecular complexity index is 744. The summed E-state index contributed by atoms with van der Waals surface area (Å²) < 4.78 is 47.4. The maximum Gasteiger partial charge on any atom is 0.312 e. The Morgan fingerprint density at radius 2 is 1.86 bits per heavy atom. The summed E-state index contributed by atoms with van der Waals surface area (Å²) in [4.78, 5) is 9.41. The molecule has 0 fully saturated rings. The molecule has 0 spiro atoms. The molecule has 10 nitrogen and oxygen atoms in total. The number of primary sulfonamides is 1. The molecule has 0 radical (unpaired) electrons. The van der Waals surface area contributed by atoms with Gasteiger partial charge in [0.1, 0.15) is 5.69 Å². The lowest BCUT2D eigenvalue weighted by atomic mass is 10.3. The highest BCUT2D eigenvalue weighted by atomic mass is 32.2.